The Morgan fingerprint density at radius 1 is 0.361 bits per heavy atom. The van der Waals surface area contributed by atoms with E-state index in [0.717, 1.165) is 0 Å². The van der Waals surface area contributed by atoms with E-state index in [4.69, 9.17) is 18.6 Å². The summed E-state index contributed by atoms with van der Waals surface area (Å²) in [5, 5.41) is 16.0. The summed E-state index contributed by atoms with van der Waals surface area (Å²) in [6, 6.07) is 27.0. The van der Waals surface area contributed by atoms with Crippen LogP contribution in [0.3, 0.4) is 0 Å². The van der Waals surface area contributed by atoms with Crippen LogP contribution in [0.2, 0.25) is 0 Å². The van der Waals surface area contributed by atoms with Crippen LogP contribution in [-0.2, 0) is 38.7 Å². The third kappa shape index (κ3) is 19.3. The van der Waals surface area contributed by atoms with Crippen LogP contribution >= 0.6 is 18.6 Å². The first-order valence-corrected chi connectivity index (χ1v) is 30.6. The van der Waals surface area contributed by atoms with Crippen molar-refractivity contribution in [2.24, 2.45) is 0 Å². The predicted molar refractivity (Wildman–Crippen MR) is 322 cm³/mol. The quantitative estimate of drug-likeness (QED) is 0.0581. The smallest absolute Gasteiger partial charge is 0 e. The molecule has 396 valence electrons. The van der Waals surface area contributed by atoms with E-state index in [2.05, 4.69) is 280 Å². The number of rotatable bonds is 22. The molecular formula is C56H96B4Cl2N8Ti2-2. The summed E-state index contributed by atoms with van der Waals surface area (Å²) in [7, 11) is 27.1. The zero-order chi connectivity index (χ0) is 54.2. The molecule has 0 bridgehead atoms. The number of nitrogens with zero attached hydrogens (tertiary/aromatic N) is 4. The van der Waals surface area contributed by atoms with E-state index in [1.54, 1.807) is 0 Å². The van der Waals surface area contributed by atoms with Crippen molar-refractivity contribution >= 4 is 68.9 Å². The number of halogens is 2. The Morgan fingerprint density at radius 3 is 0.667 bits per heavy atom. The van der Waals surface area contributed by atoms with Gasteiger partial charge in [0.05, 0.1) is 13.7 Å². The molecule has 0 aliphatic rings. The molecule has 4 aromatic carbocycles. The van der Waals surface area contributed by atoms with Gasteiger partial charge in [0.25, 0.3) is 0 Å². The van der Waals surface area contributed by atoms with Crippen LogP contribution in [0.1, 0.15) is 203 Å². The zero-order valence-corrected chi connectivity index (χ0v) is 54.0. The maximum atomic E-state index is 4.89. The molecule has 2 radical (unpaired) electrons. The van der Waals surface area contributed by atoms with Gasteiger partial charge < -0.3 is 40.2 Å². The zero-order valence-electron chi connectivity index (χ0n) is 49.4. The normalized spacial score (nSPS) is 11.7. The van der Waals surface area contributed by atoms with E-state index in [9.17, 15) is 0 Å². The number of para-hydroxylation sites is 4. The van der Waals surface area contributed by atoms with Crippen LogP contribution in [0.15, 0.2) is 72.8 Å². The van der Waals surface area contributed by atoms with Crippen LogP contribution < -0.4 is 20.9 Å². The molecule has 0 atom stereocenters. The maximum absolute atomic E-state index is 4.89. The number of hydrogen-bond acceptors (Lipinski definition) is 8. The molecule has 8 nitrogen and oxygen atoms in total. The molecule has 4 rings (SSSR count). The molecule has 4 aromatic rings. The van der Waals surface area contributed by atoms with Crippen molar-refractivity contribution in [3.05, 3.63) is 117 Å². The molecule has 16 heteroatoms. The third-order valence-corrected chi connectivity index (χ3v) is 13.5. The summed E-state index contributed by atoms with van der Waals surface area (Å²) in [4.78, 5) is 9.19. The van der Waals surface area contributed by atoms with Gasteiger partial charge in [-0.25, -0.2) is 0 Å². The van der Waals surface area contributed by atoms with E-state index >= 15 is 0 Å². The summed E-state index contributed by atoms with van der Waals surface area (Å²) in [5.41, 5.74) is 16.1. The Kier molecular flexibility index (Phi) is 31.0. The van der Waals surface area contributed by atoms with Crippen LogP contribution in [0.5, 0.6) is 0 Å². The van der Waals surface area contributed by atoms with Gasteiger partial charge in [0, 0.05) is 33.1 Å². The van der Waals surface area contributed by atoms with Gasteiger partial charge in [-0.1, -0.05) is 212 Å². The standard InChI is InChI=1S/2C28H48B2N4.2ClH.2Ti/c2*1-19(2)23-15-13-16-24(20(3)4)27(23)31-29(33(9)10)30(34(11)12)32-28-25(21(5)6)17-14-18-26(28)22(7)8;;;;/h2*13-22,31-32H,1-12H3;2*1H;;/q2*-1;;;;+2/p-2. The second-order valence-corrected chi connectivity index (χ2v) is 25.3. The Hall–Kier alpha value is -1.81. The van der Waals surface area contributed by atoms with Crippen LogP contribution in [0, 0.1) is 0 Å². The van der Waals surface area contributed by atoms with Gasteiger partial charge in [0.2, 0.25) is 0 Å². The summed E-state index contributed by atoms with van der Waals surface area (Å²) >= 11 is -0.556. The van der Waals surface area contributed by atoms with E-state index < -0.39 is 17.0 Å². The molecule has 0 spiro atoms. The first kappa shape index (κ1) is 68.2. The average Bonchev–Trinajstić information content (AvgIpc) is 3.27. The summed E-state index contributed by atoms with van der Waals surface area (Å²) < 4.78 is 0. The molecule has 72 heavy (non-hydrogen) atoms. The minimum atomic E-state index is -0.556. The monoisotopic (exact) mass is 1090 g/mol. The Labute approximate surface area is 475 Å². The van der Waals surface area contributed by atoms with Gasteiger partial charge in [-0.3, -0.25) is 0 Å². The molecule has 0 fully saturated rings. The van der Waals surface area contributed by atoms with E-state index in [1.165, 1.54) is 67.3 Å². The molecule has 0 aromatic heterocycles. The third-order valence-electron chi connectivity index (χ3n) is 13.5. The summed E-state index contributed by atoms with van der Waals surface area (Å²) in [6.07, 6.45) is 0. The van der Waals surface area contributed by atoms with Gasteiger partial charge in [0.1, 0.15) is 0 Å². The molecule has 0 saturated carbocycles. The van der Waals surface area contributed by atoms with Crippen LogP contribution in [0.4, 0.5) is 22.7 Å². The number of nitrogens with one attached hydrogen (secondary N) is 4. The molecular weight excluding hydrogens is 995 g/mol. The Morgan fingerprint density at radius 2 is 0.528 bits per heavy atom. The van der Waals surface area contributed by atoms with Crippen molar-refractivity contribution in [1.82, 2.24) is 19.2 Å². The minimum Gasteiger partial charge on any atom is 0 e. The van der Waals surface area contributed by atoms with Crippen LogP contribution in [0.25, 0.3) is 0 Å². The van der Waals surface area contributed by atoms with Crippen molar-refractivity contribution in [2.75, 3.05) is 77.3 Å². The number of anilines is 4. The van der Waals surface area contributed by atoms with E-state index in [0.29, 0.717) is 47.3 Å². The van der Waals surface area contributed by atoms with Gasteiger partial charge in [-0.05, 0) is 131 Å². The minimum absolute atomic E-state index is 0. The van der Waals surface area contributed by atoms with Crippen molar-refractivity contribution in [2.45, 2.75) is 158 Å². The Bertz CT molecular complexity index is 1780. The number of benzene rings is 4. The molecule has 4 N–H and O–H groups in total. The van der Waals surface area contributed by atoms with Crippen LogP contribution in [-0.4, -0.2) is 103 Å². The second kappa shape index (κ2) is 32.7. The fourth-order valence-electron chi connectivity index (χ4n) is 9.42. The SMILES string of the molecule is CC(C)c1cccc(C(C)C)c1NB([B-](Nc1c(C(C)C)cccc1C(C)C)N(C)C)N(C)C.CC(C)c1cccc(C(C)C)c1NB([B-](Nc1c(C(C)C)cccc1C(C)C)N(C)C)N(C)C.[Cl][Ti][Cl].[Ti]. The van der Waals surface area contributed by atoms with Crippen molar-refractivity contribution in [3.8, 4) is 0 Å². The molecule has 0 aliphatic heterocycles. The molecule has 0 amide bonds. The van der Waals surface area contributed by atoms with E-state index in [1.807, 2.05) is 0 Å². The predicted octanol–water partition coefficient (Wildman–Crippen LogP) is 15.1. The topological polar surface area (TPSA) is 61.1 Å². The Balaban J connectivity index is 0.000000674. The second-order valence-electron chi connectivity index (χ2n) is 22.8. The number of hydrogen-bond donors (Lipinski definition) is 4. The van der Waals surface area contributed by atoms with Gasteiger partial charge in [-0.2, -0.15) is 0 Å². The van der Waals surface area contributed by atoms with Crippen molar-refractivity contribution in [1.29, 1.82) is 0 Å². The summed E-state index contributed by atoms with van der Waals surface area (Å²) in [6.45, 7) is 36.8. The summed E-state index contributed by atoms with van der Waals surface area (Å²) in [5.74, 6) is 3.59. The molecule has 0 heterocycles. The molecule has 0 unspecified atom stereocenters. The van der Waals surface area contributed by atoms with Gasteiger partial charge in [0.15, 0.2) is 13.7 Å². The van der Waals surface area contributed by atoms with Gasteiger partial charge in [-0.15, -0.1) is 0 Å². The molecule has 0 aliphatic carbocycles. The fraction of sp³-hybridized carbons (Fsp3) is 0.571. The van der Waals surface area contributed by atoms with Crippen molar-refractivity contribution in [3.63, 3.8) is 0 Å². The fourth-order valence-corrected chi connectivity index (χ4v) is 9.42. The largest absolute Gasteiger partial charge is 0 e. The van der Waals surface area contributed by atoms with Gasteiger partial charge >= 0.3 is 35.6 Å². The maximum Gasteiger partial charge on any atom is 0 e. The van der Waals surface area contributed by atoms with Crippen molar-refractivity contribution < 1.29 is 38.7 Å². The van der Waals surface area contributed by atoms with E-state index in [-0.39, 0.29) is 49.2 Å². The first-order valence-electron chi connectivity index (χ1n) is 26.3. The first-order chi connectivity index (χ1) is 33.1. The molecule has 0 saturated heterocycles. The average molecular weight is 1090 g/mol.